The van der Waals surface area contributed by atoms with Gasteiger partial charge in [-0.3, -0.25) is 23.7 Å². The summed E-state index contributed by atoms with van der Waals surface area (Å²) in [4.78, 5) is 49.3. The highest BCUT2D eigenvalue weighted by molar-refractivity contribution is 6.43. The highest BCUT2D eigenvalue weighted by Crippen LogP contribution is 2.35. The highest BCUT2D eigenvalue weighted by Gasteiger charge is 2.31. The van der Waals surface area contributed by atoms with E-state index in [0.717, 1.165) is 10.8 Å². The molecule has 34 heavy (non-hydrogen) atoms. The van der Waals surface area contributed by atoms with Crippen LogP contribution in [0.15, 0.2) is 36.4 Å². The number of halogens is 3. The van der Waals surface area contributed by atoms with Gasteiger partial charge in [0, 0.05) is 23.1 Å². The van der Waals surface area contributed by atoms with Gasteiger partial charge in [0.1, 0.15) is 12.7 Å². The van der Waals surface area contributed by atoms with Crippen molar-refractivity contribution in [3.05, 3.63) is 46.4 Å². The summed E-state index contributed by atoms with van der Waals surface area (Å²) in [5.74, 6) is -4.72. The minimum absolute atomic E-state index is 0.235. The number of aromatic nitrogens is 1. The number of alkyl halides is 1. The third-order valence-electron chi connectivity index (χ3n) is 5.72. The number of nitrogens with one attached hydrogen (secondary N) is 1. The van der Waals surface area contributed by atoms with Crippen LogP contribution in [0, 0.1) is 11.8 Å². The highest BCUT2D eigenvalue weighted by atomic mass is 35.5. The number of hydrogen-bond acceptors (Lipinski definition) is 4. The number of aliphatic carboxylic acids is 1. The van der Waals surface area contributed by atoms with Crippen LogP contribution in [0.4, 0.5) is 4.39 Å². The summed E-state index contributed by atoms with van der Waals surface area (Å²) in [5.41, 5.74) is 1.14. The fourth-order valence-electron chi connectivity index (χ4n) is 3.93. The molecule has 0 saturated heterocycles. The molecular weight excluding hydrogens is 486 g/mol. The fraction of sp³-hybridized carbons (Fsp3) is 0.333. The van der Waals surface area contributed by atoms with Gasteiger partial charge in [0.15, 0.2) is 5.78 Å². The zero-order valence-corrected chi connectivity index (χ0v) is 20.0. The van der Waals surface area contributed by atoms with Crippen LogP contribution in [0.25, 0.3) is 21.8 Å². The number of carboxylic acid groups (broad SMARTS) is 1. The monoisotopic (exact) mass is 508 g/mol. The van der Waals surface area contributed by atoms with E-state index in [1.165, 1.54) is 4.57 Å². The lowest BCUT2D eigenvalue weighted by Gasteiger charge is -2.23. The Balaban J connectivity index is 1.97. The van der Waals surface area contributed by atoms with Crippen LogP contribution in [0.5, 0.6) is 0 Å². The zero-order valence-electron chi connectivity index (χ0n) is 18.5. The Kier molecular flexibility index (Phi) is 7.94. The second-order valence-corrected chi connectivity index (χ2v) is 9.16. The van der Waals surface area contributed by atoms with Crippen LogP contribution >= 0.6 is 23.2 Å². The molecule has 0 aliphatic heterocycles. The van der Waals surface area contributed by atoms with Crippen LogP contribution < -0.4 is 5.32 Å². The first-order valence-corrected chi connectivity index (χ1v) is 11.3. The van der Waals surface area contributed by atoms with Gasteiger partial charge in [0.25, 0.3) is 0 Å². The van der Waals surface area contributed by atoms with Gasteiger partial charge in [-0.25, -0.2) is 4.39 Å². The van der Waals surface area contributed by atoms with E-state index in [-0.39, 0.29) is 17.4 Å². The lowest BCUT2D eigenvalue weighted by molar-refractivity contribution is -0.140. The Labute approximate surface area is 204 Å². The quantitative estimate of drug-likeness (QED) is 0.427. The number of rotatable bonds is 9. The summed E-state index contributed by atoms with van der Waals surface area (Å²) in [5, 5.41) is 13.4. The molecular formula is C24H23Cl2FN2O5. The van der Waals surface area contributed by atoms with Crippen molar-refractivity contribution in [3.8, 4) is 0 Å². The second-order valence-electron chi connectivity index (χ2n) is 8.34. The van der Waals surface area contributed by atoms with E-state index in [0.29, 0.717) is 16.1 Å². The number of amides is 1. The normalized spacial score (nSPS) is 13.2. The Morgan fingerprint density at radius 1 is 1.00 bits per heavy atom. The molecule has 2 aromatic carbocycles. The van der Waals surface area contributed by atoms with Crippen molar-refractivity contribution < 1.29 is 28.7 Å². The molecule has 0 spiro atoms. The number of carbonyl (C=O) groups is 4. The van der Waals surface area contributed by atoms with Gasteiger partial charge < -0.3 is 10.4 Å². The number of hydrogen-bond donors (Lipinski definition) is 2. The molecule has 2 N–H and O–H groups in total. The Bertz CT molecular complexity index is 1290. The first kappa shape index (κ1) is 25.6. The summed E-state index contributed by atoms with van der Waals surface area (Å²) in [6, 6.07) is 8.97. The predicted molar refractivity (Wildman–Crippen MR) is 128 cm³/mol. The molecule has 0 bridgehead atoms. The molecule has 180 valence electrons. The predicted octanol–water partition coefficient (Wildman–Crippen LogP) is 4.90. The van der Waals surface area contributed by atoms with Gasteiger partial charge >= 0.3 is 5.97 Å². The molecule has 7 nitrogen and oxygen atoms in total. The second kappa shape index (κ2) is 10.5. The smallest absolute Gasteiger partial charge is 0.305 e. The third kappa shape index (κ3) is 5.23. The van der Waals surface area contributed by atoms with Crippen molar-refractivity contribution >= 4 is 68.6 Å². The molecule has 2 atom stereocenters. The molecule has 3 rings (SSSR count). The molecule has 0 aliphatic rings. The maximum absolute atomic E-state index is 13.5. The number of ketones is 1. The van der Waals surface area contributed by atoms with Crippen LogP contribution in [0.1, 0.15) is 31.5 Å². The summed E-state index contributed by atoms with van der Waals surface area (Å²) in [6.45, 7) is 2.04. The SMILES string of the molecule is CC(C)[C@H](CC(=O)n1c2ccccc2c2cc(Cl)c(Cl)cc21)C(=O)NC(CC(=O)O)C(=O)CF. The largest absolute Gasteiger partial charge is 0.481 e. The molecule has 1 unspecified atom stereocenters. The van der Waals surface area contributed by atoms with Crippen LogP contribution in [0.2, 0.25) is 10.0 Å². The molecule has 1 heterocycles. The van der Waals surface area contributed by atoms with Gasteiger partial charge in [0.05, 0.1) is 27.5 Å². The number of para-hydroxylation sites is 1. The van der Waals surface area contributed by atoms with E-state index in [1.54, 1.807) is 38.1 Å². The van der Waals surface area contributed by atoms with E-state index in [4.69, 9.17) is 28.3 Å². The minimum atomic E-state index is -1.51. The Hall–Kier alpha value is -2.97. The van der Waals surface area contributed by atoms with Gasteiger partial charge in [-0.05, 0) is 24.1 Å². The van der Waals surface area contributed by atoms with E-state index in [9.17, 15) is 23.6 Å². The Morgan fingerprint density at radius 3 is 2.26 bits per heavy atom. The Morgan fingerprint density at radius 2 is 1.65 bits per heavy atom. The maximum atomic E-state index is 13.5. The van der Waals surface area contributed by atoms with E-state index < -0.39 is 48.6 Å². The van der Waals surface area contributed by atoms with Gasteiger partial charge in [0.2, 0.25) is 11.8 Å². The number of Topliss-reactive ketones (excluding diaryl/α,β-unsaturated/α-hetero) is 1. The number of carboxylic acids is 1. The molecule has 0 aliphatic carbocycles. The lowest BCUT2D eigenvalue weighted by Crippen LogP contribution is -2.47. The van der Waals surface area contributed by atoms with E-state index >= 15 is 0 Å². The zero-order chi connectivity index (χ0) is 25.2. The number of benzene rings is 2. The average Bonchev–Trinajstić information content (AvgIpc) is 3.09. The van der Waals surface area contributed by atoms with Crippen molar-refractivity contribution in [3.63, 3.8) is 0 Å². The van der Waals surface area contributed by atoms with Crippen molar-refractivity contribution in [1.29, 1.82) is 0 Å². The van der Waals surface area contributed by atoms with Crippen molar-refractivity contribution in [2.45, 2.75) is 32.7 Å². The van der Waals surface area contributed by atoms with E-state index in [1.807, 2.05) is 12.1 Å². The van der Waals surface area contributed by atoms with Crippen LogP contribution in [-0.2, 0) is 14.4 Å². The standard InChI is InChI=1S/C24H23Cl2FN2O5/c1-12(2)14(24(34)28-18(10-23(32)33)21(30)11-27)8-22(31)29-19-6-4-3-5-13(19)15-7-16(25)17(26)9-20(15)29/h3-7,9,12,14,18H,8,10-11H2,1-2H3,(H,28,34)(H,32,33)/t14-,18?/m0/s1. The number of carbonyl (C=O) groups excluding carboxylic acids is 3. The summed E-state index contributed by atoms with van der Waals surface area (Å²) in [6.07, 6.45) is -0.986. The first-order valence-electron chi connectivity index (χ1n) is 10.6. The van der Waals surface area contributed by atoms with Crippen molar-refractivity contribution in [1.82, 2.24) is 9.88 Å². The van der Waals surface area contributed by atoms with Crippen molar-refractivity contribution in [2.24, 2.45) is 11.8 Å². The van der Waals surface area contributed by atoms with Crippen LogP contribution in [-0.4, -0.2) is 46.0 Å². The molecule has 0 saturated carbocycles. The van der Waals surface area contributed by atoms with Gasteiger partial charge in [-0.2, -0.15) is 0 Å². The molecule has 10 heteroatoms. The molecule has 0 fully saturated rings. The minimum Gasteiger partial charge on any atom is -0.481 e. The van der Waals surface area contributed by atoms with Crippen LogP contribution in [0.3, 0.4) is 0 Å². The lowest BCUT2D eigenvalue weighted by atomic mass is 9.90. The first-order chi connectivity index (χ1) is 16.0. The molecule has 1 amide bonds. The van der Waals surface area contributed by atoms with Gasteiger partial charge in [-0.1, -0.05) is 55.2 Å². The summed E-state index contributed by atoms with van der Waals surface area (Å²) < 4.78 is 14.3. The average molecular weight is 509 g/mol. The molecule has 3 aromatic rings. The van der Waals surface area contributed by atoms with Crippen molar-refractivity contribution in [2.75, 3.05) is 6.67 Å². The summed E-state index contributed by atoms with van der Waals surface area (Å²) >= 11 is 12.4. The van der Waals surface area contributed by atoms with E-state index in [2.05, 4.69) is 5.32 Å². The number of fused-ring (bicyclic) bond motifs is 3. The molecule has 0 radical (unpaired) electrons. The number of nitrogens with zero attached hydrogens (tertiary/aromatic N) is 1. The fourth-order valence-corrected chi connectivity index (χ4v) is 4.26. The van der Waals surface area contributed by atoms with Gasteiger partial charge in [-0.15, -0.1) is 0 Å². The maximum Gasteiger partial charge on any atom is 0.305 e. The molecule has 1 aromatic heterocycles. The topological polar surface area (TPSA) is 105 Å². The third-order valence-corrected chi connectivity index (χ3v) is 6.44. The summed E-state index contributed by atoms with van der Waals surface area (Å²) in [7, 11) is 0.